The number of para-hydroxylation sites is 2. The van der Waals surface area contributed by atoms with Gasteiger partial charge in [-0.1, -0.05) is 24.8 Å². The lowest BCUT2D eigenvalue weighted by Gasteiger charge is -2.15. The Balaban J connectivity index is 1.96. The minimum atomic E-state index is -0.407. The molecule has 0 spiro atoms. The van der Waals surface area contributed by atoms with E-state index in [0.717, 1.165) is 16.7 Å². The molecule has 0 radical (unpaired) electrons. The molecule has 0 unspecified atom stereocenters. The fraction of sp³-hybridized carbons (Fsp3) is 0.182. The maximum Gasteiger partial charge on any atom is 0.298 e. The summed E-state index contributed by atoms with van der Waals surface area (Å²) < 4.78 is 17.3. The summed E-state index contributed by atoms with van der Waals surface area (Å²) >= 11 is 4.36. The molecular weight excluding hydrogens is 470 g/mol. The van der Waals surface area contributed by atoms with Crippen molar-refractivity contribution in [3.63, 3.8) is 0 Å². The number of nitrogens with zero attached hydrogens (tertiary/aromatic N) is 1. The van der Waals surface area contributed by atoms with Crippen LogP contribution in [0, 0.1) is 0 Å². The summed E-state index contributed by atoms with van der Waals surface area (Å²) in [6.45, 7) is 6.30. The number of carbonyl (C=O) groups excluding carboxylic acids is 2. The van der Waals surface area contributed by atoms with Crippen molar-refractivity contribution in [2.24, 2.45) is 0 Å². The second-order valence-electron chi connectivity index (χ2n) is 6.05. The topological polar surface area (TPSA) is 65.1 Å². The van der Waals surface area contributed by atoms with Gasteiger partial charge in [-0.25, -0.2) is 4.90 Å². The van der Waals surface area contributed by atoms with Crippen LogP contribution in [0.3, 0.4) is 0 Å². The van der Waals surface area contributed by atoms with Gasteiger partial charge < -0.3 is 14.2 Å². The first-order valence-corrected chi connectivity index (χ1v) is 10.7. The Kier molecular flexibility index (Phi) is 7.23. The van der Waals surface area contributed by atoms with Gasteiger partial charge in [0.15, 0.2) is 11.5 Å². The number of hydrogen-bond acceptors (Lipinski definition) is 6. The van der Waals surface area contributed by atoms with Crippen LogP contribution in [0.25, 0.3) is 6.08 Å². The van der Waals surface area contributed by atoms with E-state index >= 15 is 0 Å². The number of hydrogen-bond donors (Lipinski definition) is 0. The van der Waals surface area contributed by atoms with Gasteiger partial charge >= 0.3 is 0 Å². The molecule has 2 aromatic rings. The van der Waals surface area contributed by atoms with Crippen LogP contribution in [0.2, 0.25) is 0 Å². The van der Waals surface area contributed by atoms with E-state index in [4.69, 9.17) is 14.2 Å². The quantitative estimate of drug-likeness (QED) is 0.352. The van der Waals surface area contributed by atoms with E-state index in [-0.39, 0.29) is 5.24 Å². The molecule has 1 saturated heterocycles. The summed E-state index contributed by atoms with van der Waals surface area (Å²) in [5.41, 5.74) is 1.11. The van der Waals surface area contributed by atoms with Gasteiger partial charge in [0.25, 0.3) is 11.1 Å². The summed E-state index contributed by atoms with van der Waals surface area (Å²) in [7, 11) is 1.50. The van der Waals surface area contributed by atoms with Gasteiger partial charge in [0.05, 0.1) is 28.8 Å². The predicted molar refractivity (Wildman–Crippen MR) is 122 cm³/mol. The Morgan fingerprint density at radius 2 is 1.93 bits per heavy atom. The van der Waals surface area contributed by atoms with Crippen LogP contribution in [0.4, 0.5) is 10.5 Å². The molecule has 2 aromatic carbocycles. The Morgan fingerprint density at radius 1 is 1.17 bits per heavy atom. The van der Waals surface area contributed by atoms with Crippen LogP contribution in [0.5, 0.6) is 17.2 Å². The highest BCUT2D eigenvalue weighted by molar-refractivity contribution is 9.10. The van der Waals surface area contributed by atoms with E-state index in [0.29, 0.717) is 51.1 Å². The highest BCUT2D eigenvalue weighted by Crippen LogP contribution is 2.41. The fourth-order valence-electron chi connectivity index (χ4n) is 2.86. The van der Waals surface area contributed by atoms with Crippen molar-refractivity contribution in [3.05, 3.63) is 64.0 Å². The standard InChI is InChI=1S/C22H20BrNO5S/c1-4-10-29-20-15(23)11-14(12-18(20)28-5-2)13-19-21(25)24(22(26)30-19)16-8-6-7-9-17(16)27-3/h4,6-9,11-13H,1,5,10H2,2-3H3/b19-13-. The van der Waals surface area contributed by atoms with Gasteiger partial charge in [-0.15, -0.1) is 0 Å². The molecule has 1 aliphatic heterocycles. The van der Waals surface area contributed by atoms with Gasteiger partial charge in [-0.3, -0.25) is 9.59 Å². The molecule has 0 saturated carbocycles. The number of thioether (sulfide) groups is 1. The molecule has 1 aliphatic rings. The highest BCUT2D eigenvalue weighted by atomic mass is 79.9. The molecule has 2 amide bonds. The summed E-state index contributed by atoms with van der Waals surface area (Å²) in [5.74, 6) is 1.13. The molecule has 6 nitrogen and oxygen atoms in total. The molecule has 156 valence electrons. The Labute approximate surface area is 187 Å². The molecule has 0 N–H and O–H groups in total. The van der Waals surface area contributed by atoms with E-state index in [1.165, 1.54) is 7.11 Å². The number of anilines is 1. The third kappa shape index (κ3) is 4.55. The number of carbonyl (C=O) groups is 2. The van der Waals surface area contributed by atoms with E-state index < -0.39 is 5.91 Å². The average Bonchev–Trinajstić information content (AvgIpc) is 3.00. The van der Waals surface area contributed by atoms with Gasteiger partial charge in [-0.2, -0.15) is 0 Å². The van der Waals surface area contributed by atoms with Crippen molar-refractivity contribution in [2.75, 3.05) is 25.2 Å². The molecule has 30 heavy (non-hydrogen) atoms. The van der Waals surface area contributed by atoms with Crippen molar-refractivity contribution < 1.29 is 23.8 Å². The van der Waals surface area contributed by atoms with E-state index in [1.807, 2.05) is 6.92 Å². The van der Waals surface area contributed by atoms with Crippen LogP contribution >= 0.6 is 27.7 Å². The third-order valence-electron chi connectivity index (χ3n) is 4.09. The number of benzene rings is 2. The first kappa shape index (κ1) is 22.0. The first-order chi connectivity index (χ1) is 14.5. The van der Waals surface area contributed by atoms with E-state index in [2.05, 4.69) is 22.5 Å². The molecule has 1 fully saturated rings. The SMILES string of the molecule is C=CCOc1c(Br)cc(/C=C2\SC(=O)N(c3ccccc3OC)C2=O)cc1OCC. The highest BCUT2D eigenvalue weighted by Gasteiger charge is 2.37. The molecule has 0 atom stereocenters. The van der Waals surface area contributed by atoms with Crippen molar-refractivity contribution in [1.29, 1.82) is 0 Å². The summed E-state index contributed by atoms with van der Waals surface area (Å²) in [6.07, 6.45) is 3.30. The zero-order chi connectivity index (χ0) is 21.7. The molecule has 0 aromatic heterocycles. The van der Waals surface area contributed by atoms with Crippen LogP contribution in [-0.4, -0.2) is 31.5 Å². The molecule has 8 heteroatoms. The van der Waals surface area contributed by atoms with Gasteiger partial charge in [0, 0.05) is 0 Å². The number of amides is 2. The zero-order valence-corrected chi connectivity index (χ0v) is 18.9. The van der Waals surface area contributed by atoms with Crippen LogP contribution in [0.15, 0.2) is 58.4 Å². The molecule has 1 heterocycles. The molecular formula is C22H20BrNO5S. The summed E-state index contributed by atoms with van der Waals surface area (Å²) in [6, 6.07) is 10.5. The van der Waals surface area contributed by atoms with Crippen molar-refractivity contribution in [2.45, 2.75) is 6.92 Å². The van der Waals surface area contributed by atoms with E-state index in [9.17, 15) is 9.59 Å². The summed E-state index contributed by atoms with van der Waals surface area (Å²) in [4.78, 5) is 27.0. The maximum atomic E-state index is 13.0. The zero-order valence-electron chi connectivity index (χ0n) is 16.5. The molecule has 3 rings (SSSR count). The number of ether oxygens (including phenoxy) is 3. The normalized spacial score (nSPS) is 14.9. The Morgan fingerprint density at radius 3 is 2.63 bits per heavy atom. The molecule has 0 aliphatic carbocycles. The first-order valence-electron chi connectivity index (χ1n) is 9.11. The smallest absolute Gasteiger partial charge is 0.298 e. The molecule has 0 bridgehead atoms. The number of halogens is 1. The lowest BCUT2D eigenvalue weighted by atomic mass is 10.1. The predicted octanol–water partition coefficient (Wildman–Crippen LogP) is 5.66. The van der Waals surface area contributed by atoms with Crippen LogP contribution < -0.4 is 19.1 Å². The lowest BCUT2D eigenvalue weighted by molar-refractivity contribution is -0.113. The number of rotatable bonds is 8. The maximum absolute atomic E-state index is 13.0. The lowest BCUT2D eigenvalue weighted by Crippen LogP contribution is -2.28. The van der Waals surface area contributed by atoms with Crippen LogP contribution in [0.1, 0.15) is 12.5 Å². The van der Waals surface area contributed by atoms with Gasteiger partial charge in [0.2, 0.25) is 0 Å². The second kappa shape index (κ2) is 9.86. The van der Waals surface area contributed by atoms with Crippen molar-refractivity contribution in [3.8, 4) is 17.2 Å². The monoisotopic (exact) mass is 489 g/mol. The van der Waals surface area contributed by atoms with Crippen molar-refractivity contribution >= 4 is 50.6 Å². The van der Waals surface area contributed by atoms with Crippen LogP contribution in [-0.2, 0) is 4.79 Å². The minimum Gasteiger partial charge on any atom is -0.495 e. The number of imide groups is 1. The average molecular weight is 490 g/mol. The van der Waals surface area contributed by atoms with Crippen molar-refractivity contribution in [1.82, 2.24) is 0 Å². The van der Waals surface area contributed by atoms with Gasteiger partial charge in [0.1, 0.15) is 12.4 Å². The third-order valence-corrected chi connectivity index (χ3v) is 5.55. The number of methoxy groups -OCH3 is 1. The Bertz CT molecular complexity index is 1020. The Hall–Kier alpha value is -2.71. The van der Waals surface area contributed by atoms with E-state index in [1.54, 1.807) is 48.6 Å². The fourth-order valence-corrected chi connectivity index (χ4v) is 4.27. The van der Waals surface area contributed by atoms with Gasteiger partial charge in [-0.05, 0) is 70.5 Å². The minimum absolute atomic E-state index is 0.306. The largest absolute Gasteiger partial charge is 0.495 e. The second-order valence-corrected chi connectivity index (χ2v) is 7.90. The summed E-state index contributed by atoms with van der Waals surface area (Å²) in [5, 5.41) is -0.384.